The highest BCUT2D eigenvalue weighted by Crippen LogP contribution is 2.65. The lowest BCUT2D eigenvalue weighted by Gasteiger charge is -2.44. The van der Waals surface area contributed by atoms with Gasteiger partial charge in [0.25, 0.3) is 0 Å². The van der Waals surface area contributed by atoms with Crippen molar-refractivity contribution in [3.05, 3.63) is 11.9 Å². The molecule has 2 nitrogen and oxygen atoms in total. The topological polar surface area (TPSA) is 40.1 Å². The van der Waals surface area contributed by atoms with E-state index in [9.17, 15) is 82.9 Å². The smallest absolute Gasteiger partial charge is 0.460 e. The summed E-state index contributed by atoms with van der Waals surface area (Å²) in [4.78, 5) is 0. The van der Waals surface area contributed by atoms with Crippen LogP contribution in [0.3, 0.4) is 0 Å². The van der Waals surface area contributed by atoms with Crippen LogP contribution in [0.4, 0.5) is 82.9 Å². The second-order valence-electron chi connectivity index (χ2n) is 4.72. The summed E-state index contributed by atoms with van der Waals surface area (Å²) in [5.74, 6) is -38.7. The summed E-state index contributed by atoms with van der Waals surface area (Å²) in [7, 11) is 0. The van der Waals surface area contributed by atoms with Gasteiger partial charge in [0.05, 0.1) is 0 Å². The lowest BCUT2D eigenvalue weighted by atomic mass is 9.81. The fraction of sp³-hybridized carbons (Fsp3) is 0.778. The van der Waals surface area contributed by atoms with Crippen molar-refractivity contribution < 1.29 is 91.7 Å². The van der Waals surface area contributed by atoms with Crippen LogP contribution in [-0.4, -0.2) is 50.5 Å². The van der Waals surface area contributed by atoms with Crippen LogP contribution in [0.25, 0.3) is 0 Å². The Morgan fingerprint density at radius 2 is 0.871 bits per heavy atom. The first-order valence-electron chi connectivity index (χ1n) is 5.89. The number of hydrogen-bond acceptors (Lipinski definition) is 2. The van der Waals surface area contributed by atoms with E-state index in [-0.39, 0.29) is 0 Å². The van der Waals surface area contributed by atoms with E-state index >= 15 is 0 Å². The maximum Gasteiger partial charge on any atom is 0.460 e. The predicted octanol–water partition coefficient (Wildman–Crippen LogP) is 6.19. The molecule has 0 bridgehead atoms. The highest BCUT2D eigenvalue weighted by molar-refractivity contribution is 7.73. The van der Waals surface area contributed by atoms with Gasteiger partial charge < -0.3 is 4.55 Å². The molecule has 0 fully saturated rings. The van der Waals surface area contributed by atoms with Crippen LogP contribution in [0, 0.1) is 0 Å². The molecule has 0 aliphatic rings. The van der Waals surface area contributed by atoms with Gasteiger partial charge in [0.15, 0.2) is 0 Å². The molecule has 0 radical (unpaired) electrons. The van der Waals surface area contributed by atoms with Crippen molar-refractivity contribution in [1.82, 2.24) is 0 Å². The second-order valence-corrected chi connectivity index (χ2v) is 5.11. The maximum absolute atomic E-state index is 13.5. The Morgan fingerprint density at radius 1 is 0.581 bits per heavy atom. The third kappa shape index (κ3) is 5.13. The third-order valence-corrected chi connectivity index (χ3v) is 2.84. The number of rotatable bonds is 5. The van der Waals surface area contributed by atoms with Gasteiger partial charge in [0, 0.05) is 0 Å². The minimum atomic E-state index is -8.87. The van der Waals surface area contributed by atoms with E-state index in [1.807, 2.05) is 0 Å². The van der Waals surface area contributed by atoms with Crippen molar-refractivity contribution in [2.24, 2.45) is 0 Å². The zero-order valence-corrected chi connectivity index (χ0v) is 13.7. The molecule has 0 aromatic heterocycles. The van der Waals surface area contributed by atoms with Gasteiger partial charge in [-0.3, -0.25) is 0 Å². The monoisotopic (exact) mass is 533 g/mol. The molecule has 2 atom stereocenters. The summed E-state index contributed by atoms with van der Waals surface area (Å²) in [5, 5.41) is 0. The molecule has 2 unspecified atom stereocenters. The molecule has 0 saturated heterocycles. The first-order chi connectivity index (χ1) is 13.1. The van der Waals surface area contributed by atoms with Crippen LogP contribution in [0.5, 0.6) is 0 Å². The van der Waals surface area contributed by atoms with Crippen LogP contribution in [0.2, 0.25) is 0 Å². The van der Waals surface area contributed by atoms with Crippen LogP contribution < -0.4 is 0 Å². The quantitative estimate of drug-likeness (QED) is 0.241. The van der Waals surface area contributed by atoms with Crippen LogP contribution in [0.15, 0.2) is 11.9 Å². The summed E-state index contributed by atoms with van der Waals surface area (Å²) in [5.41, 5.74) is -8.87. The normalized spacial score (nSPS) is 17.3. The summed E-state index contributed by atoms with van der Waals surface area (Å²) >= 11 is -3.36. The zero-order valence-electron chi connectivity index (χ0n) is 12.9. The van der Waals surface area contributed by atoms with Crippen LogP contribution in [-0.2, 0) is 11.5 Å². The van der Waals surface area contributed by atoms with Crippen molar-refractivity contribution in [1.29, 1.82) is 0 Å². The van der Waals surface area contributed by atoms with Crippen molar-refractivity contribution >= 4 is 11.5 Å². The summed E-state index contributed by atoms with van der Waals surface area (Å²) in [6.07, 6.45) is -20.9. The second kappa shape index (κ2) is 8.81. The molecule has 0 aliphatic carbocycles. The van der Waals surface area contributed by atoms with Gasteiger partial charge in [0.1, 0.15) is 11.5 Å². The van der Waals surface area contributed by atoms with E-state index in [0.29, 0.717) is 0 Å². The molecular formula is C9F19O2S-. The molecule has 0 saturated carbocycles. The van der Waals surface area contributed by atoms with Crippen molar-refractivity contribution in [3.63, 3.8) is 0 Å². The molecule has 0 aromatic carbocycles. The summed E-state index contributed by atoms with van der Waals surface area (Å²) in [6, 6.07) is 0. The van der Waals surface area contributed by atoms with E-state index in [1.54, 1.807) is 0 Å². The molecule has 0 aliphatic heterocycles. The Morgan fingerprint density at radius 3 is 1.06 bits per heavy atom. The number of hydrogen-bond donors (Lipinski definition) is 0. The van der Waals surface area contributed by atoms with Gasteiger partial charge in [-0.1, -0.05) is 0 Å². The first kappa shape index (κ1) is 31.7. The minimum Gasteiger partial charge on any atom is -0.746 e. The van der Waals surface area contributed by atoms with Crippen LogP contribution >= 0.6 is 0 Å². The summed E-state index contributed by atoms with van der Waals surface area (Å²) < 4.78 is 251. The standard InChI is InChI=1S/C9F18.FHO2S/c10-1(2(11)12)3(13,14)5(16,17)4(15,8(22,23)24)6(18,19)7(20,21)9(25,26)27;1-4(2)3/h;(H,2,3)/p-1. The third-order valence-electron chi connectivity index (χ3n) is 2.84. The van der Waals surface area contributed by atoms with Crippen molar-refractivity contribution in [2.45, 2.75) is 41.7 Å². The molecule has 0 N–H and O–H groups in total. The van der Waals surface area contributed by atoms with Crippen LogP contribution in [0.1, 0.15) is 0 Å². The summed E-state index contributed by atoms with van der Waals surface area (Å²) in [6.45, 7) is 0. The molecule has 0 spiro atoms. The SMILES string of the molecule is FC(F)=C(F)C(F)(F)C(F)(F)C(F)(C(F)(F)F)C(F)(F)C(F)(F)C(F)(F)F.O=S([O-])F. The average Bonchev–Trinajstić information content (AvgIpc) is 2.49. The Balaban J connectivity index is 0. The average molecular weight is 533 g/mol. The van der Waals surface area contributed by atoms with E-state index < -0.39 is 65.1 Å². The zero-order chi connectivity index (χ0) is 26.2. The van der Waals surface area contributed by atoms with E-state index in [4.69, 9.17) is 8.76 Å². The minimum absolute atomic E-state index is 3.36. The van der Waals surface area contributed by atoms with E-state index in [2.05, 4.69) is 0 Å². The Hall–Kier alpha value is -1.48. The molecule has 188 valence electrons. The highest BCUT2D eigenvalue weighted by atomic mass is 32.2. The van der Waals surface area contributed by atoms with Gasteiger partial charge in [-0.2, -0.15) is 74.6 Å². The number of halogens is 19. The van der Waals surface area contributed by atoms with Gasteiger partial charge in [0.2, 0.25) is 5.83 Å². The van der Waals surface area contributed by atoms with Gasteiger partial charge in [-0.25, -0.2) is 8.60 Å². The number of alkyl halides is 15. The molecule has 22 heteroatoms. The Bertz CT molecular complexity index is 681. The lowest BCUT2D eigenvalue weighted by molar-refractivity contribution is -0.455. The lowest BCUT2D eigenvalue weighted by Crippen LogP contribution is -2.77. The van der Waals surface area contributed by atoms with Crippen molar-refractivity contribution in [2.75, 3.05) is 0 Å². The predicted molar refractivity (Wildman–Crippen MR) is 56.1 cm³/mol. The molecular weight excluding hydrogens is 533 g/mol. The number of allylic oxidation sites excluding steroid dienone is 1. The van der Waals surface area contributed by atoms with Gasteiger partial charge in [-0.05, 0) is 0 Å². The van der Waals surface area contributed by atoms with Gasteiger partial charge >= 0.3 is 47.8 Å². The van der Waals surface area contributed by atoms with E-state index in [0.717, 1.165) is 0 Å². The molecule has 0 heterocycles. The fourth-order valence-corrected chi connectivity index (χ4v) is 1.42. The molecule has 31 heavy (non-hydrogen) atoms. The Labute approximate surface area is 158 Å². The fourth-order valence-electron chi connectivity index (χ4n) is 1.42. The van der Waals surface area contributed by atoms with E-state index in [1.165, 1.54) is 0 Å². The van der Waals surface area contributed by atoms with Gasteiger partial charge in [-0.15, -0.1) is 3.89 Å². The maximum atomic E-state index is 13.5. The Kier molecular flexibility index (Phi) is 9.01. The molecule has 0 rings (SSSR count). The molecule has 0 amide bonds. The molecule has 0 aromatic rings. The highest BCUT2D eigenvalue weighted by Gasteiger charge is 2.97. The first-order valence-corrected chi connectivity index (χ1v) is 6.86. The largest absolute Gasteiger partial charge is 0.746 e. The van der Waals surface area contributed by atoms with Crippen molar-refractivity contribution in [3.8, 4) is 0 Å².